The van der Waals surface area contributed by atoms with Crippen molar-refractivity contribution >= 4 is 40.4 Å². The predicted octanol–water partition coefficient (Wildman–Crippen LogP) is 1.28. The Morgan fingerprint density at radius 2 is 1.72 bits per heavy atom. The molecule has 4 amide bonds. The van der Waals surface area contributed by atoms with E-state index < -0.39 is 16.5 Å². The van der Waals surface area contributed by atoms with Crippen molar-refractivity contribution in [2.24, 2.45) is 0 Å². The second-order valence-corrected chi connectivity index (χ2v) is 6.59. The molecule has 132 valence electrons. The summed E-state index contributed by atoms with van der Waals surface area (Å²) in [5.41, 5.74) is 0.607. The zero-order valence-electron chi connectivity index (χ0n) is 13.6. The molecule has 0 saturated carbocycles. The van der Waals surface area contributed by atoms with Crippen molar-refractivity contribution in [1.82, 2.24) is 9.80 Å². The number of methoxy groups -OCH3 is 1. The molecule has 9 heteroatoms. The molecular weight excluding hydrogens is 346 g/mol. The number of likely N-dealkylation sites (tertiary alicyclic amines) is 1. The van der Waals surface area contributed by atoms with Crippen LogP contribution in [0.5, 0.6) is 5.75 Å². The van der Waals surface area contributed by atoms with Gasteiger partial charge in [0.15, 0.2) is 5.37 Å². The van der Waals surface area contributed by atoms with E-state index in [1.807, 2.05) is 0 Å². The van der Waals surface area contributed by atoms with Gasteiger partial charge in [0.1, 0.15) is 5.75 Å². The highest BCUT2D eigenvalue weighted by Crippen LogP contribution is 2.31. The van der Waals surface area contributed by atoms with Crippen molar-refractivity contribution < 1.29 is 23.9 Å². The molecule has 2 saturated heterocycles. The average Bonchev–Trinajstić information content (AvgIpc) is 3.06. The number of rotatable bonds is 6. The summed E-state index contributed by atoms with van der Waals surface area (Å²) in [6.07, 6.45) is 0.376. The van der Waals surface area contributed by atoms with Crippen LogP contribution in [0.1, 0.15) is 12.8 Å². The lowest BCUT2D eigenvalue weighted by Crippen LogP contribution is -2.41. The molecule has 8 nitrogen and oxygen atoms in total. The summed E-state index contributed by atoms with van der Waals surface area (Å²) < 4.78 is 5.22. The van der Waals surface area contributed by atoms with Crippen molar-refractivity contribution in [2.75, 3.05) is 25.5 Å². The molecule has 1 aromatic carbocycles. The monoisotopic (exact) mass is 363 g/mol. The van der Waals surface area contributed by atoms with Crippen molar-refractivity contribution in [2.45, 2.75) is 18.2 Å². The Balaban J connectivity index is 1.64. The number of benzene rings is 1. The summed E-state index contributed by atoms with van der Waals surface area (Å²) in [6, 6.07) is 7.09. The van der Waals surface area contributed by atoms with E-state index in [2.05, 4.69) is 5.32 Å². The van der Waals surface area contributed by atoms with Gasteiger partial charge in [0, 0.05) is 25.9 Å². The lowest BCUT2D eigenvalue weighted by molar-refractivity contribution is -0.139. The Morgan fingerprint density at radius 3 is 2.40 bits per heavy atom. The minimum absolute atomic E-state index is 0.00620. The number of ether oxygens (including phenoxy) is 1. The van der Waals surface area contributed by atoms with Gasteiger partial charge >= 0.3 is 0 Å². The van der Waals surface area contributed by atoms with E-state index in [9.17, 15) is 19.2 Å². The number of hydrogen-bond donors (Lipinski definition) is 1. The van der Waals surface area contributed by atoms with Crippen LogP contribution in [0.15, 0.2) is 24.3 Å². The predicted molar refractivity (Wildman–Crippen MR) is 91.1 cm³/mol. The van der Waals surface area contributed by atoms with Crippen molar-refractivity contribution in [3.05, 3.63) is 24.3 Å². The van der Waals surface area contributed by atoms with Crippen molar-refractivity contribution in [1.29, 1.82) is 0 Å². The van der Waals surface area contributed by atoms with Crippen LogP contribution < -0.4 is 10.1 Å². The van der Waals surface area contributed by atoms with Gasteiger partial charge in [-0.05, 0) is 23.9 Å². The Bertz CT molecular complexity index is 722. The van der Waals surface area contributed by atoms with E-state index in [0.29, 0.717) is 11.4 Å². The molecule has 0 bridgehead atoms. The van der Waals surface area contributed by atoms with Crippen LogP contribution in [0.4, 0.5) is 10.5 Å². The topological polar surface area (TPSA) is 96.0 Å². The van der Waals surface area contributed by atoms with E-state index in [-0.39, 0.29) is 37.7 Å². The third-order valence-corrected chi connectivity index (χ3v) is 5.00. The Morgan fingerprint density at radius 1 is 1.08 bits per heavy atom. The normalized spacial score (nSPS) is 20.6. The van der Waals surface area contributed by atoms with Crippen molar-refractivity contribution in [3.63, 3.8) is 0 Å². The fraction of sp³-hybridized carbons (Fsp3) is 0.375. The van der Waals surface area contributed by atoms with Gasteiger partial charge in [-0.15, -0.1) is 0 Å². The molecule has 0 aliphatic carbocycles. The SMILES string of the molecule is COc1ccccc1NC1SC(=O)N(CCN2C(=O)CCC2=O)C1=O. The molecule has 25 heavy (non-hydrogen) atoms. The number of amides is 4. The number of carbonyl (C=O) groups is 4. The molecule has 2 heterocycles. The molecule has 2 aliphatic heterocycles. The van der Waals surface area contributed by atoms with E-state index in [1.165, 1.54) is 7.11 Å². The van der Waals surface area contributed by atoms with E-state index in [0.717, 1.165) is 21.6 Å². The first-order valence-corrected chi connectivity index (χ1v) is 8.64. The summed E-state index contributed by atoms with van der Waals surface area (Å²) in [6.45, 7) is 0.0450. The number of anilines is 1. The highest BCUT2D eigenvalue weighted by Gasteiger charge is 2.40. The average molecular weight is 363 g/mol. The van der Waals surface area contributed by atoms with Crippen LogP contribution >= 0.6 is 11.8 Å². The van der Waals surface area contributed by atoms with Crippen LogP contribution in [-0.2, 0) is 14.4 Å². The largest absolute Gasteiger partial charge is 0.495 e. The molecular formula is C16H17N3O5S. The van der Waals surface area contributed by atoms with E-state index in [4.69, 9.17) is 4.74 Å². The fourth-order valence-electron chi connectivity index (χ4n) is 2.72. The minimum Gasteiger partial charge on any atom is -0.495 e. The first kappa shape index (κ1) is 17.3. The molecule has 2 aliphatic rings. The summed E-state index contributed by atoms with van der Waals surface area (Å²) in [4.78, 5) is 50.0. The molecule has 0 spiro atoms. The highest BCUT2D eigenvalue weighted by molar-refractivity contribution is 8.15. The van der Waals surface area contributed by atoms with Crippen molar-refractivity contribution in [3.8, 4) is 5.75 Å². The zero-order valence-corrected chi connectivity index (χ0v) is 14.4. The third kappa shape index (κ3) is 3.46. The molecule has 3 rings (SSSR count). The van der Waals surface area contributed by atoms with Gasteiger partial charge in [0.25, 0.3) is 11.1 Å². The quantitative estimate of drug-likeness (QED) is 0.761. The smallest absolute Gasteiger partial charge is 0.290 e. The highest BCUT2D eigenvalue weighted by atomic mass is 32.2. The number of thioether (sulfide) groups is 1. The van der Waals surface area contributed by atoms with Gasteiger partial charge in [0.2, 0.25) is 11.8 Å². The summed E-state index contributed by atoms with van der Waals surface area (Å²) in [5, 5.41) is 1.82. The fourth-order valence-corrected chi connectivity index (χ4v) is 3.64. The number of nitrogens with zero attached hydrogens (tertiary/aromatic N) is 2. The van der Waals surface area contributed by atoms with Gasteiger partial charge in [0.05, 0.1) is 12.8 Å². The molecule has 0 radical (unpaired) electrons. The Kier molecular flexibility index (Phi) is 4.93. The second-order valence-electron chi connectivity index (χ2n) is 5.54. The van der Waals surface area contributed by atoms with Crippen LogP contribution in [0.2, 0.25) is 0 Å². The van der Waals surface area contributed by atoms with E-state index in [1.54, 1.807) is 24.3 Å². The molecule has 1 aromatic rings. The maximum absolute atomic E-state index is 12.5. The lowest BCUT2D eigenvalue weighted by Gasteiger charge is -2.19. The maximum Gasteiger partial charge on any atom is 0.290 e. The summed E-state index contributed by atoms with van der Waals surface area (Å²) >= 11 is 0.862. The number of carbonyl (C=O) groups excluding carboxylic acids is 4. The summed E-state index contributed by atoms with van der Waals surface area (Å²) in [5.74, 6) is -0.365. The number of imide groups is 2. The molecule has 2 fully saturated rings. The molecule has 0 aromatic heterocycles. The van der Waals surface area contributed by atoms with E-state index >= 15 is 0 Å². The Labute approximate surface area is 148 Å². The van der Waals surface area contributed by atoms with Gasteiger partial charge in [-0.3, -0.25) is 29.0 Å². The lowest BCUT2D eigenvalue weighted by atomic mass is 10.3. The molecule has 1 unspecified atom stereocenters. The number of para-hydroxylation sites is 2. The van der Waals surface area contributed by atoms with Gasteiger partial charge in [-0.2, -0.15) is 0 Å². The van der Waals surface area contributed by atoms with Crippen LogP contribution in [0, 0.1) is 0 Å². The standard InChI is InChI=1S/C16H17N3O5S/c1-24-11-5-3-2-4-10(11)17-14-15(22)19(16(23)25-14)9-8-18-12(20)6-7-13(18)21/h2-5,14,17H,6-9H2,1H3. The van der Waals surface area contributed by atoms with Crippen LogP contribution in [-0.4, -0.2) is 58.3 Å². The van der Waals surface area contributed by atoms with Gasteiger partial charge in [-0.25, -0.2) is 0 Å². The minimum atomic E-state index is -0.770. The van der Waals surface area contributed by atoms with Gasteiger partial charge < -0.3 is 10.1 Å². The first-order valence-electron chi connectivity index (χ1n) is 7.76. The summed E-state index contributed by atoms with van der Waals surface area (Å²) in [7, 11) is 1.52. The van der Waals surface area contributed by atoms with Gasteiger partial charge in [-0.1, -0.05) is 12.1 Å². The number of hydrogen-bond acceptors (Lipinski definition) is 7. The molecule has 1 atom stereocenters. The number of nitrogens with one attached hydrogen (secondary N) is 1. The molecule has 1 N–H and O–H groups in total. The Hall–Kier alpha value is -2.55. The van der Waals surface area contributed by atoms with Crippen LogP contribution in [0.3, 0.4) is 0 Å². The third-order valence-electron chi connectivity index (χ3n) is 4.03. The van der Waals surface area contributed by atoms with Crippen LogP contribution in [0.25, 0.3) is 0 Å². The second kappa shape index (κ2) is 7.14. The first-order chi connectivity index (χ1) is 12.0. The maximum atomic E-state index is 12.5. The zero-order chi connectivity index (χ0) is 18.0.